The van der Waals surface area contributed by atoms with Crippen LogP contribution in [-0.2, 0) is 14.4 Å². The molecule has 2 saturated carbocycles. The van der Waals surface area contributed by atoms with E-state index in [0.717, 1.165) is 51.4 Å². The minimum absolute atomic E-state index is 0.0706. The fraction of sp³-hybridized carbons (Fsp3) is 0.652. The number of carbonyl (C=O) groups excluding carboxylic acids is 3. The van der Waals surface area contributed by atoms with Crippen LogP contribution in [0.25, 0.3) is 0 Å². The SMILES string of the molecule is O=C(CCC(=O)N(CC(=O)NC1CCCCC1)C1CCCCC1)Nc1ccccn1. The molecule has 30 heavy (non-hydrogen) atoms. The van der Waals surface area contributed by atoms with Gasteiger partial charge in [-0.15, -0.1) is 0 Å². The van der Waals surface area contributed by atoms with E-state index in [-0.39, 0.29) is 49.2 Å². The number of aromatic nitrogens is 1. The molecule has 7 nitrogen and oxygen atoms in total. The summed E-state index contributed by atoms with van der Waals surface area (Å²) in [5, 5.41) is 5.83. The zero-order valence-electron chi connectivity index (χ0n) is 17.8. The molecular weight excluding hydrogens is 380 g/mol. The maximum Gasteiger partial charge on any atom is 0.239 e. The predicted octanol–water partition coefficient (Wildman–Crippen LogP) is 3.41. The first-order chi connectivity index (χ1) is 14.6. The van der Waals surface area contributed by atoms with Gasteiger partial charge in [-0.2, -0.15) is 0 Å². The van der Waals surface area contributed by atoms with Crippen molar-refractivity contribution in [3.63, 3.8) is 0 Å². The van der Waals surface area contributed by atoms with Gasteiger partial charge in [-0.1, -0.05) is 44.6 Å². The van der Waals surface area contributed by atoms with Crippen molar-refractivity contribution in [2.75, 3.05) is 11.9 Å². The Morgan fingerprint density at radius 2 is 1.60 bits per heavy atom. The smallest absolute Gasteiger partial charge is 0.239 e. The van der Waals surface area contributed by atoms with E-state index in [9.17, 15) is 14.4 Å². The lowest BCUT2D eigenvalue weighted by Crippen LogP contribution is -2.49. The lowest BCUT2D eigenvalue weighted by Gasteiger charge is -2.34. The molecule has 2 aliphatic rings. The molecule has 0 saturated heterocycles. The monoisotopic (exact) mass is 414 g/mol. The van der Waals surface area contributed by atoms with Crippen molar-refractivity contribution >= 4 is 23.5 Å². The highest BCUT2D eigenvalue weighted by molar-refractivity contribution is 5.93. The summed E-state index contributed by atoms with van der Waals surface area (Å²) in [6, 6.07) is 5.62. The number of nitrogens with zero attached hydrogens (tertiary/aromatic N) is 2. The van der Waals surface area contributed by atoms with Gasteiger partial charge in [-0.3, -0.25) is 14.4 Å². The number of anilines is 1. The zero-order valence-corrected chi connectivity index (χ0v) is 17.8. The number of hydrogen-bond acceptors (Lipinski definition) is 4. The predicted molar refractivity (Wildman–Crippen MR) is 116 cm³/mol. The highest BCUT2D eigenvalue weighted by Crippen LogP contribution is 2.24. The minimum atomic E-state index is -0.239. The Labute approximate surface area is 179 Å². The number of nitrogens with one attached hydrogen (secondary N) is 2. The van der Waals surface area contributed by atoms with Crippen LogP contribution in [0.1, 0.15) is 77.0 Å². The van der Waals surface area contributed by atoms with Crippen LogP contribution in [-0.4, -0.2) is 46.2 Å². The number of hydrogen-bond donors (Lipinski definition) is 2. The lowest BCUT2D eigenvalue weighted by molar-refractivity contribution is -0.140. The van der Waals surface area contributed by atoms with E-state index < -0.39 is 0 Å². The molecule has 0 unspecified atom stereocenters. The van der Waals surface area contributed by atoms with Crippen LogP contribution in [0.3, 0.4) is 0 Å². The average molecular weight is 415 g/mol. The molecule has 1 aromatic rings. The molecule has 2 fully saturated rings. The van der Waals surface area contributed by atoms with Crippen LogP contribution in [0, 0.1) is 0 Å². The molecule has 2 aliphatic carbocycles. The van der Waals surface area contributed by atoms with Gasteiger partial charge in [-0.05, 0) is 37.8 Å². The van der Waals surface area contributed by atoms with Crippen LogP contribution in [0.5, 0.6) is 0 Å². The van der Waals surface area contributed by atoms with E-state index >= 15 is 0 Å². The number of amides is 3. The summed E-state index contributed by atoms with van der Waals surface area (Å²) >= 11 is 0. The molecule has 0 aromatic carbocycles. The maximum absolute atomic E-state index is 13.0. The van der Waals surface area contributed by atoms with E-state index in [1.807, 2.05) is 0 Å². The first kappa shape index (κ1) is 22.2. The van der Waals surface area contributed by atoms with Gasteiger partial charge in [0.2, 0.25) is 17.7 Å². The molecule has 2 N–H and O–H groups in total. The normalized spacial score (nSPS) is 17.9. The van der Waals surface area contributed by atoms with Gasteiger partial charge in [0.15, 0.2) is 0 Å². The van der Waals surface area contributed by atoms with E-state index in [1.54, 1.807) is 29.3 Å². The topological polar surface area (TPSA) is 91.4 Å². The second-order valence-corrected chi connectivity index (χ2v) is 8.48. The van der Waals surface area contributed by atoms with Gasteiger partial charge in [-0.25, -0.2) is 4.98 Å². The highest BCUT2D eigenvalue weighted by atomic mass is 16.2. The quantitative estimate of drug-likeness (QED) is 0.682. The van der Waals surface area contributed by atoms with Gasteiger partial charge in [0.05, 0.1) is 6.54 Å². The van der Waals surface area contributed by atoms with Crippen LogP contribution in [0.2, 0.25) is 0 Å². The first-order valence-electron chi connectivity index (χ1n) is 11.4. The van der Waals surface area contributed by atoms with Crippen molar-refractivity contribution in [2.45, 2.75) is 89.1 Å². The van der Waals surface area contributed by atoms with Crippen molar-refractivity contribution in [1.82, 2.24) is 15.2 Å². The largest absolute Gasteiger partial charge is 0.352 e. The van der Waals surface area contributed by atoms with Gasteiger partial charge >= 0.3 is 0 Å². The summed E-state index contributed by atoms with van der Waals surface area (Å²) in [6.07, 6.45) is 12.6. The third kappa shape index (κ3) is 7.11. The van der Waals surface area contributed by atoms with Crippen LogP contribution >= 0.6 is 0 Å². The standard InChI is InChI=1S/C23H34N4O3/c28-21(26-20-13-7-8-16-24-20)14-15-23(30)27(19-11-5-2-6-12-19)17-22(29)25-18-9-3-1-4-10-18/h7-8,13,16,18-19H,1-6,9-12,14-15,17H2,(H,25,29)(H,24,26,28). The summed E-state index contributed by atoms with van der Waals surface area (Å²) in [4.78, 5) is 43.6. The molecule has 3 rings (SSSR count). The van der Waals surface area contributed by atoms with Crippen molar-refractivity contribution in [2.24, 2.45) is 0 Å². The fourth-order valence-electron chi connectivity index (χ4n) is 4.49. The number of carbonyl (C=O) groups is 3. The van der Waals surface area contributed by atoms with E-state index in [0.29, 0.717) is 5.82 Å². The van der Waals surface area contributed by atoms with E-state index in [4.69, 9.17) is 0 Å². The minimum Gasteiger partial charge on any atom is -0.352 e. The van der Waals surface area contributed by atoms with Gasteiger partial charge in [0, 0.05) is 31.1 Å². The van der Waals surface area contributed by atoms with Crippen molar-refractivity contribution in [1.29, 1.82) is 0 Å². The van der Waals surface area contributed by atoms with Crippen LogP contribution < -0.4 is 10.6 Å². The Morgan fingerprint density at radius 3 is 2.27 bits per heavy atom. The van der Waals surface area contributed by atoms with Crippen molar-refractivity contribution < 1.29 is 14.4 Å². The Hall–Kier alpha value is -2.44. The molecule has 164 valence electrons. The molecule has 1 heterocycles. The number of pyridine rings is 1. The Kier molecular flexibility index (Phi) is 8.66. The summed E-state index contributed by atoms with van der Waals surface area (Å²) in [5.41, 5.74) is 0. The second-order valence-electron chi connectivity index (χ2n) is 8.48. The maximum atomic E-state index is 13.0. The Bertz CT molecular complexity index is 698. The number of rotatable bonds is 8. The molecule has 1 aromatic heterocycles. The molecule has 0 spiro atoms. The molecule has 7 heteroatoms. The Morgan fingerprint density at radius 1 is 0.900 bits per heavy atom. The summed E-state index contributed by atoms with van der Waals surface area (Å²) in [7, 11) is 0. The molecule has 3 amide bonds. The van der Waals surface area contributed by atoms with Crippen molar-refractivity contribution in [3.8, 4) is 0 Å². The van der Waals surface area contributed by atoms with Crippen LogP contribution in [0.15, 0.2) is 24.4 Å². The first-order valence-corrected chi connectivity index (χ1v) is 11.4. The molecule has 0 atom stereocenters. The Balaban J connectivity index is 1.53. The third-order valence-electron chi connectivity index (χ3n) is 6.12. The van der Waals surface area contributed by atoms with Crippen LogP contribution in [0.4, 0.5) is 5.82 Å². The van der Waals surface area contributed by atoms with Gasteiger partial charge in [0.1, 0.15) is 5.82 Å². The molecular formula is C23H34N4O3. The highest BCUT2D eigenvalue weighted by Gasteiger charge is 2.28. The summed E-state index contributed by atoms with van der Waals surface area (Å²) in [5.74, 6) is 0.0545. The fourth-order valence-corrected chi connectivity index (χ4v) is 4.49. The summed E-state index contributed by atoms with van der Waals surface area (Å²) in [6.45, 7) is 0.0991. The molecule has 0 radical (unpaired) electrons. The summed E-state index contributed by atoms with van der Waals surface area (Å²) < 4.78 is 0. The third-order valence-corrected chi connectivity index (χ3v) is 6.12. The van der Waals surface area contributed by atoms with E-state index in [2.05, 4.69) is 15.6 Å². The molecule has 0 aliphatic heterocycles. The van der Waals surface area contributed by atoms with E-state index in [1.165, 1.54) is 12.8 Å². The average Bonchev–Trinajstić information content (AvgIpc) is 2.78. The molecule has 0 bridgehead atoms. The van der Waals surface area contributed by atoms with Gasteiger partial charge in [0.25, 0.3) is 0 Å². The lowest BCUT2D eigenvalue weighted by atomic mass is 9.93. The second kappa shape index (κ2) is 11.7. The van der Waals surface area contributed by atoms with Crippen molar-refractivity contribution in [3.05, 3.63) is 24.4 Å². The zero-order chi connectivity index (χ0) is 21.2. The van der Waals surface area contributed by atoms with Gasteiger partial charge < -0.3 is 15.5 Å².